The van der Waals surface area contributed by atoms with Gasteiger partial charge in [-0.25, -0.2) is 0 Å². The molecule has 0 amide bonds. The highest BCUT2D eigenvalue weighted by atomic mass is 32.1. The molecule has 1 aliphatic heterocycles. The number of nitrogens with one attached hydrogen (secondary N) is 2. The third kappa shape index (κ3) is 5.38. The predicted octanol–water partition coefficient (Wildman–Crippen LogP) is 2.57. The Morgan fingerprint density at radius 1 is 1.32 bits per heavy atom. The van der Waals surface area contributed by atoms with Crippen LogP contribution in [0.25, 0.3) is 0 Å². The summed E-state index contributed by atoms with van der Waals surface area (Å²) in [5.41, 5.74) is 2.19. The number of thiocarbonyl (C=S) groups is 1. The van der Waals surface area contributed by atoms with Crippen molar-refractivity contribution < 1.29 is 13.6 Å². The van der Waals surface area contributed by atoms with Gasteiger partial charge in [-0.3, -0.25) is 0 Å². The quantitative estimate of drug-likeness (QED) is 0.495. The minimum atomic E-state index is -1.13. The van der Waals surface area contributed by atoms with Crippen LogP contribution in [0.15, 0.2) is 24.3 Å². The molecule has 5 nitrogen and oxygen atoms in total. The highest BCUT2D eigenvalue weighted by Crippen LogP contribution is 2.42. The molecule has 0 saturated carbocycles. The van der Waals surface area contributed by atoms with Gasteiger partial charge in [-0.15, -0.1) is 0 Å². The average molecular weight is 300 g/mol. The molecule has 0 bridgehead atoms. The SMILES string of the molecule is Cc1ccc(NC(=S)NCCOP2OCCO2)cc1. The van der Waals surface area contributed by atoms with Gasteiger partial charge in [-0.05, 0) is 31.3 Å². The summed E-state index contributed by atoms with van der Waals surface area (Å²) in [6.45, 7) is 4.40. The third-order valence-corrected chi connectivity index (χ3v) is 3.80. The zero-order chi connectivity index (χ0) is 13.5. The van der Waals surface area contributed by atoms with E-state index in [-0.39, 0.29) is 0 Å². The van der Waals surface area contributed by atoms with Crippen molar-refractivity contribution in [2.45, 2.75) is 6.92 Å². The summed E-state index contributed by atoms with van der Waals surface area (Å²) >= 11 is 5.18. The zero-order valence-corrected chi connectivity index (χ0v) is 12.4. The van der Waals surface area contributed by atoms with Crippen LogP contribution in [-0.2, 0) is 13.6 Å². The second-order valence-corrected chi connectivity index (χ2v) is 5.60. The Morgan fingerprint density at radius 3 is 2.68 bits per heavy atom. The van der Waals surface area contributed by atoms with Crippen LogP contribution in [0.3, 0.4) is 0 Å². The van der Waals surface area contributed by atoms with Gasteiger partial charge in [0.05, 0.1) is 19.8 Å². The number of aryl methyl sites for hydroxylation is 1. The number of rotatable bonds is 5. The lowest BCUT2D eigenvalue weighted by molar-refractivity contribution is 0.251. The number of hydrogen-bond donors (Lipinski definition) is 2. The summed E-state index contributed by atoms with van der Waals surface area (Å²) in [5.74, 6) is 0. The first-order chi connectivity index (χ1) is 9.24. The fourth-order valence-electron chi connectivity index (χ4n) is 1.43. The van der Waals surface area contributed by atoms with Gasteiger partial charge >= 0.3 is 8.60 Å². The fourth-order valence-corrected chi connectivity index (χ4v) is 2.56. The smallest absolute Gasteiger partial charge is 0.332 e. The van der Waals surface area contributed by atoms with Crippen LogP contribution in [0.4, 0.5) is 5.69 Å². The molecule has 1 aliphatic rings. The lowest BCUT2D eigenvalue weighted by atomic mass is 10.2. The molecule has 1 aromatic carbocycles. The third-order valence-electron chi connectivity index (χ3n) is 2.37. The predicted molar refractivity (Wildman–Crippen MR) is 80.2 cm³/mol. The summed E-state index contributed by atoms with van der Waals surface area (Å²) in [7, 11) is -1.13. The van der Waals surface area contributed by atoms with Crippen molar-refractivity contribution in [1.29, 1.82) is 0 Å². The van der Waals surface area contributed by atoms with Crippen molar-refractivity contribution in [3.8, 4) is 0 Å². The van der Waals surface area contributed by atoms with Gasteiger partial charge < -0.3 is 24.2 Å². The molecule has 0 aromatic heterocycles. The Morgan fingerprint density at radius 2 is 2.00 bits per heavy atom. The highest BCUT2D eigenvalue weighted by Gasteiger charge is 2.18. The Balaban J connectivity index is 1.60. The molecule has 2 rings (SSSR count). The van der Waals surface area contributed by atoms with Crippen LogP contribution in [0.1, 0.15) is 5.56 Å². The maximum atomic E-state index is 5.39. The molecular formula is C12H17N2O3PS. The molecule has 1 heterocycles. The Bertz CT molecular complexity index is 410. The minimum absolute atomic E-state index is 0.501. The molecule has 1 aromatic rings. The van der Waals surface area contributed by atoms with E-state index in [0.717, 1.165) is 5.69 Å². The van der Waals surface area contributed by atoms with Crippen molar-refractivity contribution >= 4 is 31.6 Å². The Labute approximate surface area is 119 Å². The zero-order valence-electron chi connectivity index (χ0n) is 10.7. The first-order valence-corrected chi connectivity index (χ1v) is 7.55. The van der Waals surface area contributed by atoms with Gasteiger partial charge in [0, 0.05) is 12.2 Å². The standard InChI is InChI=1S/C12H17N2O3PS/c1-10-2-4-11(5-3-10)14-12(19)13-6-7-15-18-16-8-9-17-18/h2-5H,6-9H2,1H3,(H2,13,14,19). The number of anilines is 1. The summed E-state index contributed by atoms with van der Waals surface area (Å²) < 4.78 is 15.8. The molecule has 19 heavy (non-hydrogen) atoms. The van der Waals surface area contributed by atoms with E-state index in [1.807, 2.05) is 31.2 Å². The number of benzene rings is 1. The van der Waals surface area contributed by atoms with Gasteiger partial charge in [0.2, 0.25) is 0 Å². The van der Waals surface area contributed by atoms with E-state index in [9.17, 15) is 0 Å². The molecule has 0 radical (unpaired) electrons. The van der Waals surface area contributed by atoms with Crippen LogP contribution in [-0.4, -0.2) is 31.5 Å². The van der Waals surface area contributed by atoms with Crippen LogP contribution in [0.2, 0.25) is 0 Å². The van der Waals surface area contributed by atoms with E-state index in [0.29, 0.717) is 31.5 Å². The van der Waals surface area contributed by atoms with E-state index < -0.39 is 8.60 Å². The summed E-state index contributed by atoms with van der Waals surface area (Å²) in [4.78, 5) is 0. The van der Waals surface area contributed by atoms with Crippen molar-refractivity contribution in [1.82, 2.24) is 5.32 Å². The molecule has 7 heteroatoms. The molecule has 0 aliphatic carbocycles. The second kappa shape index (κ2) is 7.72. The van der Waals surface area contributed by atoms with Crippen LogP contribution in [0, 0.1) is 6.92 Å². The van der Waals surface area contributed by atoms with E-state index in [2.05, 4.69) is 10.6 Å². The van der Waals surface area contributed by atoms with E-state index in [1.54, 1.807) is 0 Å². The molecule has 1 fully saturated rings. The maximum Gasteiger partial charge on any atom is 0.332 e. The van der Waals surface area contributed by atoms with Crippen molar-refractivity contribution in [3.05, 3.63) is 29.8 Å². The molecule has 104 valence electrons. The van der Waals surface area contributed by atoms with Gasteiger partial charge in [0.15, 0.2) is 5.11 Å². The number of hydrogen-bond acceptors (Lipinski definition) is 4. The summed E-state index contributed by atoms with van der Waals surface area (Å²) in [6, 6.07) is 8.05. The van der Waals surface area contributed by atoms with Crippen molar-refractivity contribution in [2.75, 3.05) is 31.7 Å². The minimum Gasteiger partial charge on any atom is -0.360 e. The Kier molecular flexibility index (Phi) is 5.94. The first kappa shape index (κ1) is 14.6. The van der Waals surface area contributed by atoms with Gasteiger partial charge in [0.25, 0.3) is 0 Å². The van der Waals surface area contributed by atoms with E-state index in [4.69, 9.17) is 25.8 Å². The Hall–Kier alpha value is -0.780. The maximum absolute atomic E-state index is 5.39. The monoisotopic (exact) mass is 300 g/mol. The largest absolute Gasteiger partial charge is 0.360 e. The molecule has 0 atom stereocenters. The van der Waals surface area contributed by atoms with Gasteiger partial charge in [-0.2, -0.15) is 0 Å². The van der Waals surface area contributed by atoms with Crippen LogP contribution >= 0.6 is 20.8 Å². The first-order valence-electron chi connectivity index (χ1n) is 6.04. The molecule has 1 saturated heterocycles. The lowest BCUT2D eigenvalue weighted by Crippen LogP contribution is -2.31. The molecule has 0 spiro atoms. The normalized spacial score (nSPS) is 15.4. The summed E-state index contributed by atoms with van der Waals surface area (Å²) in [6.07, 6.45) is 0. The molecule has 0 unspecified atom stereocenters. The summed E-state index contributed by atoms with van der Waals surface area (Å²) in [5, 5.41) is 6.75. The van der Waals surface area contributed by atoms with Crippen LogP contribution < -0.4 is 10.6 Å². The molecular weight excluding hydrogens is 283 g/mol. The van der Waals surface area contributed by atoms with E-state index >= 15 is 0 Å². The topological polar surface area (TPSA) is 51.8 Å². The van der Waals surface area contributed by atoms with Gasteiger partial charge in [0.1, 0.15) is 0 Å². The lowest BCUT2D eigenvalue weighted by Gasteiger charge is -2.12. The average Bonchev–Trinajstić information content (AvgIpc) is 2.91. The van der Waals surface area contributed by atoms with Gasteiger partial charge in [-0.1, -0.05) is 17.7 Å². The van der Waals surface area contributed by atoms with Crippen molar-refractivity contribution in [2.24, 2.45) is 0 Å². The molecule has 2 N–H and O–H groups in total. The fraction of sp³-hybridized carbons (Fsp3) is 0.417. The van der Waals surface area contributed by atoms with Crippen LogP contribution in [0.5, 0.6) is 0 Å². The second-order valence-electron chi connectivity index (χ2n) is 3.97. The highest BCUT2D eigenvalue weighted by molar-refractivity contribution is 7.80. The van der Waals surface area contributed by atoms with Crippen molar-refractivity contribution in [3.63, 3.8) is 0 Å². The van der Waals surface area contributed by atoms with E-state index in [1.165, 1.54) is 5.56 Å².